The Kier molecular flexibility index (Phi) is 2.21. The highest BCUT2D eigenvalue weighted by Gasteiger charge is 2.06. The Morgan fingerprint density at radius 2 is 2.44 bits per heavy atom. The maximum Gasteiger partial charge on any atom is 0.153 e. The average Bonchev–Trinajstić information content (AvgIpc) is 2.15. The van der Waals surface area contributed by atoms with Gasteiger partial charge in [-0.2, -0.15) is 0 Å². The maximum atomic E-state index is 12.6. The number of aliphatic hydroxyl groups excluding tert-OH is 1. The zero-order valence-electron chi connectivity index (χ0n) is 4.40. The normalized spacial score (nSPS) is 10.1. The first-order chi connectivity index (χ1) is 4.25. The molecule has 4 heteroatoms. The fraction of sp³-hybridized carbons (Fsp3) is 0.200. The summed E-state index contributed by atoms with van der Waals surface area (Å²) >= 11 is 4.19. The molecule has 0 bridgehead atoms. The second-order valence-corrected chi connectivity index (χ2v) is 3.30. The lowest BCUT2D eigenvalue weighted by atomic mass is 10.5. The van der Waals surface area contributed by atoms with E-state index in [9.17, 15) is 4.39 Å². The van der Waals surface area contributed by atoms with Crippen LogP contribution in [0.1, 0.15) is 4.88 Å². The highest BCUT2D eigenvalue weighted by Crippen LogP contribution is 2.24. The molecule has 0 fully saturated rings. The van der Waals surface area contributed by atoms with E-state index in [2.05, 4.69) is 15.9 Å². The summed E-state index contributed by atoms with van der Waals surface area (Å²) in [6.07, 6.45) is 0. The summed E-state index contributed by atoms with van der Waals surface area (Å²) in [6, 6.07) is 0. The third-order valence-electron chi connectivity index (χ3n) is 0.903. The number of halogens is 2. The fourth-order valence-electron chi connectivity index (χ4n) is 0.466. The lowest BCUT2D eigenvalue weighted by molar-refractivity contribution is 0.280. The van der Waals surface area contributed by atoms with Crippen LogP contribution in [0.5, 0.6) is 0 Å². The molecule has 0 radical (unpaired) electrons. The Morgan fingerprint density at radius 3 is 2.67 bits per heavy atom. The summed E-state index contributed by atoms with van der Waals surface area (Å²) in [5.74, 6) is -0.345. The number of thiophene rings is 1. The molecule has 1 nitrogen and oxygen atoms in total. The maximum absolute atomic E-state index is 12.6. The molecule has 1 heterocycles. The molecular formula is C5H4BrFOS. The molecule has 0 aliphatic carbocycles. The molecule has 50 valence electrons. The molecule has 0 amide bonds. The van der Waals surface area contributed by atoms with Crippen LogP contribution in [-0.2, 0) is 6.61 Å². The van der Waals surface area contributed by atoms with E-state index >= 15 is 0 Å². The fourth-order valence-corrected chi connectivity index (χ4v) is 1.75. The van der Waals surface area contributed by atoms with Crippen molar-refractivity contribution in [3.63, 3.8) is 0 Å². The Balaban J connectivity index is 3.04. The van der Waals surface area contributed by atoms with E-state index in [1.807, 2.05) is 0 Å². The molecule has 1 rings (SSSR count). The zero-order chi connectivity index (χ0) is 6.85. The van der Waals surface area contributed by atoms with Crippen molar-refractivity contribution in [1.29, 1.82) is 0 Å². The SMILES string of the molecule is OCc1scc(Br)c1F. The van der Waals surface area contributed by atoms with Crippen molar-refractivity contribution in [3.8, 4) is 0 Å². The summed E-state index contributed by atoms with van der Waals surface area (Å²) in [5, 5.41) is 10.1. The summed E-state index contributed by atoms with van der Waals surface area (Å²) in [5.41, 5.74) is 0. The van der Waals surface area contributed by atoms with Crippen molar-refractivity contribution >= 4 is 27.3 Å². The van der Waals surface area contributed by atoms with E-state index in [4.69, 9.17) is 5.11 Å². The highest BCUT2D eigenvalue weighted by atomic mass is 79.9. The number of aliphatic hydroxyl groups is 1. The summed E-state index contributed by atoms with van der Waals surface area (Å²) in [4.78, 5) is 0.377. The molecule has 1 aromatic heterocycles. The van der Waals surface area contributed by atoms with Crippen LogP contribution in [0.25, 0.3) is 0 Å². The summed E-state index contributed by atoms with van der Waals surface area (Å²) in [7, 11) is 0. The van der Waals surface area contributed by atoms with Crippen molar-refractivity contribution in [1.82, 2.24) is 0 Å². The van der Waals surface area contributed by atoms with Crippen molar-refractivity contribution in [3.05, 3.63) is 20.5 Å². The largest absolute Gasteiger partial charge is 0.391 e. The van der Waals surface area contributed by atoms with Gasteiger partial charge in [0.25, 0.3) is 0 Å². The van der Waals surface area contributed by atoms with Crippen molar-refractivity contribution in [2.75, 3.05) is 0 Å². The molecule has 0 aliphatic heterocycles. The van der Waals surface area contributed by atoms with Gasteiger partial charge in [0, 0.05) is 5.38 Å². The van der Waals surface area contributed by atoms with Crippen molar-refractivity contribution in [2.45, 2.75) is 6.61 Å². The third kappa shape index (κ3) is 1.31. The molecular weight excluding hydrogens is 207 g/mol. The van der Waals surface area contributed by atoms with Gasteiger partial charge in [0.05, 0.1) is 16.0 Å². The molecule has 0 saturated heterocycles. The zero-order valence-corrected chi connectivity index (χ0v) is 6.80. The Morgan fingerprint density at radius 1 is 1.78 bits per heavy atom. The molecule has 0 saturated carbocycles. The first kappa shape index (κ1) is 7.18. The van der Waals surface area contributed by atoms with Gasteiger partial charge in [-0.15, -0.1) is 11.3 Å². The van der Waals surface area contributed by atoms with Gasteiger partial charge >= 0.3 is 0 Å². The molecule has 0 spiro atoms. The molecule has 0 atom stereocenters. The van der Waals surface area contributed by atoms with E-state index in [0.29, 0.717) is 9.35 Å². The van der Waals surface area contributed by atoms with Crippen LogP contribution >= 0.6 is 27.3 Å². The highest BCUT2D eigenvalue weighted by molar-refractivity contribution is 9.10. The second-order valence-electron chi connectivity index (χ2n) is 1.48. The van der Waals surface area contributed by atoms with Gasteiger partial charge in [-0.05, 0) is 15.9 Å². The Labute approximate surface area is 64.3 Å². The lowest BCUT2D eigenvalue weighted by Crippen LogP contribution is -1.79. The average molecular weight is 211 g/mol. The van der Waals surface area contributed by atoms with Crippen LogP contribution in [0.3, 0.4) is 0 Å². The van der Waals surface area contributed by atoms with Crippen molar-refractivity contribution < 1.29 is 9.50 Å². The van der Waals surface area contributed by atoms with Crippen molar-refractivity contribution in [2.24, 2.45) is 0 Å². The van der Waals surface area contributed by atoms with Crippen LogP contribution in [0.2, 0.25) is 0 Å². The van der Waals surface area contributed by atoms with Gasteiger partial charge < -0.3 is 5.11 Å². The Bertz CT molecular complexity index is 211. The first-order valence-corrected chi connectivity index (χ1v) is 3.95. The van der Waals surface area contributed by atoms with E-state index in [1.165, 1.54) is 11.3 Å². The molecule has 0 aromatic carbocycles. The summed E-state index contributed by atoms with van der Waals surface area (Å²) in [6.45, 7) is -0.220. The van der Waals surface area contributed by atoms with Crippen LogP contribution in [0, 0.1) is 5.82 Å². The van der Waals surface area contributed by atoms with Crippen LogP contribution in [0.4, 0.5) is 4.39 Å². The number of hydrogen-bond donors (Lipinski definition) is 1. The molecule has 1 N–H and O–H groups in total. The quantitative estimate of drug-likeness (QED) is 0.754. The molecule has 9 heavy (non-hydrogen) atoms. The summed E-state index contributed by atoms with van der Waals surface area (Å²) < 4.78 is 13.0. The number of hydrogen-bond acceptors (Lipinski definition) is 2. The van der Waals surface area contributed by atoms with Crippen LogP contribution < -0.4 is 0 Å². The van der Waals surface area contributed by atoms with Crippen LogP contribution in [0.15, 0.2) is 9.85 Å². The molecule has 0 aliphatic rings. The monoisotopic (exact) mass is 210 g/mol. The topological polar surface area (TPSA) is 20.2 Å². The minimum Gasteiger partial charge on any atom is -0.391 e. The van der Waals surface area contributed by atoms with Gasteiger partial charge in [0.15, 0.2) is 5.82 Å². The van der Waals surface area contributed by atoms with Crippen LogP contribution in [-0.4, -0.2) is 5.11 Å². The van der Waals surface area contributed by atoms with Gasteiger partial charge in [-0.25, -0.2) is 4.39 Å². The van der Waals surface area contributed by atoms with E-state index in [1.54, 1.807) is 5.38 Å². The van der Waals surface area contributed by atoms with Gasteiger partial charge in [-0.3, -0.25) is 0 Å². The van der Waals surface area contributed by atoms with Gasteiger partial charge in [0.2, 0.25) is 0 Å². The minimum atomic E-state index is -0.345. The van der Waals surface area contributed by atoms with E-state index < -0.39 is 0 Å². The lowest BCUT2D eigenvalue weighted by Gasteiger charge is -1.85. The predicted molar refractivity (Wildman–Crippen MR) is 37.9 cm³/mol. The number of rotatable bonds is 1. The predicted octanol–water partition coefficient (Wildman–Crippen LogP) is 2.14. The Hall–Kier alpha value is 0.0700. The minimum absolute atomic E-state index is 0.220. The third-order valence-corrected chi connectivity index (χ3v) is 2.73. The second kappa shape index (κ2) is 2.77. The van der Waals surface area contributed by atoms with E-state index in [-0.39, 0.29) is 12.4 Å². The molecule has 0 unspecified atom stereocenters. The standard InChI is InChI=1S/C5H4BrFOS/c6-3-2-9-4(1-8)5(3)7/h2,8H,1H2. The molecule has 1 aromatic rings. The van der Waals surface area contributed by atoms with E-state index in [0.717, 1.165) is 0 Å². The van der Waals surface area contributed by atoms with Gasteiger partial charge in [-0.1, -0.05) is 0 Å². The first-order valence-electron chi connectivity index (χ1n) is 2.28. The smallest absolute Gasteiger partial charge is 0.153 e. The van der Waals surface area contributed by atoms with Gasteiger partial charge in [0.1, 0.15) is 0 Å².